The predicted molar refractivity (Wildman–Crippen MR) is 73.6 cm³/mol. The summed E-state index contributed by atoms with van der Waals surface area (Å²) in [5, 5.41) is 4.71. The van der Waals surface area contributed by atoms with Gasteiger partial charge in [-0.1, -0.05) is 35.0 Å². The van der Waals surface area contributed by atoms with Crippen LogP contribution in [0, 0.1) is 0 Å². The molecule has 1 amide bonds. The second-order valence-corrected chi connectivity index (χ2v) is 5.38. The first-order chi connectivity index (χ1) is 8.63. The molecule has 2 heterocycles. The lowest BCUT2D eigenvalue weighted by Crippen LogP contribution is -2.24. The normalized spacial score (nSPS) is 15.7. The number of H-pyrrole nitrogens is 1. The quantitative estimate of drug-likeness (QED) is 0.850. The van der Waals surface area contributed by atoms with E-state index in [9.17, 15) is 4.79 Å². The summed E-state index contributed by atoms with van der Waals surface area (Å²) in [4.78, 5) is 18.4. The monoisotopic (exact) mass is 300 g/mol. The third kappa shape index (κ3) is 2.07. The maximum Gasteiger partial charge on any atom is 0.299 e. The Morgan fingerprint density at radius 1 is 1.28 bits per heavy atom. The first-order valence-corrected chi connectivity index (χ1v) is 6.72. The molecule has 0 aliphatic carbocycles. The Bertz CT molecular complexity index is 643. The molecule has 0 saturated heterocycles. The maximum absolute atomic E-state index is 11.0. The predicted octanol–water partition coefficient (Wildman–Crippen LogP) is 3.03. The number of aromatic amines is 1. The van der Waals surface area contributed by atoms with Crippen molar-refractivity contribution in [2.75, 3.05) is 5.75 Å². The molecule has 1 aromatic carbocycles. The Balaban J connectivity index is 2.06. The number of nitrogens with one attached hydrogen (secondary N) is 2. The summed E-state index contributed by atoms with van der Waals surface area (Å²) in [6.45, 7) is 0. The lowest BCUT2D eigenvalue weighted by molar-refractivity contribution is 0.261. The fourth-order valence-corrected chi connectivity index (χ4v) is 2.48. The Morgan fingerprint density at radius 3 is 2.78 bits per heavy atom. The van der Waals surface area contributed by atoms with Crippen LogP contribution in [0.5, 0.6) is 0 Å². The highest BCUT2D eigenvalue weighted by atomic mass is 35.5. The molecule has 2 aromatic rings. The second kappa shape index (κ2) is 4.46. The standard InChI is InChI=1S/C10H6Cl2N4OS/c11-4-1-6-7(2-5(4)12)14-9(13-6)8-3-18-10(17)16-15-8/h1-2H,3H2,(H,13,14)(H,16,17). The lowest BCUT2D eigenvalue weighted by atomic mass is 10.3. The van der Waals surface area contributed by atoms with Gasteiger partial charge < -0.3 is 4.98 Å². The minimum atomic E-state index is -0.166. The van der Waals surface area contributed by atoms with Crippen LogP contribution in [-0.2, 0) is 0 Å². The molecule has 92 valence electrons. The Morgan fingerprint density at radius 2 is 2.06 bits per heavy atom. The lowest BCUT2D eigenvalue weighted by Gasteiger charge is -2.08. The molecule has 0 radical (unpaired) electrons. The Labute approximate surface area is 116 Å². The molecule has 5 nitrogen and oxygen atoms in total. The van der Waals surface area contributed by atoms with Gasteiger partial charge in [0, 0.05) is 0 Å². The van der Waals surface area contributed by atoms with Gasteiger partial charge in [0.1, 0.15) is 5.71 Å². The average molecular weight is 301 g/mol. The first-order valence-electron chi connectivity index (χ1n) is 4.98. The van der Waals surface area contributed by atoms with Crippen molar-refractivity contribution >= 4 is 56.9 Å². The number of carbonyl (C=O) groups is 1. The summed E-state index contributed by atoms with van der Waals surface area (Å²) in [5.41, 5.74) is 4.57. The van der Waals surface area contributed by atoms with Gasteiger partial charge in [-0.3, -0.25) is 4.79 Å². The molecule has 3 rings (SSSR count). The number of amides is 1. The molecule has 0 unspecified atom stereocenters. The van der Waals surface area contributed by atoms with E-state index < -0.39 is 0 Å². The summed E-state index contributed by atoms with van der Waals surface area (Å²) in [5.74, 6) is 1.09. The highest BCUT2D eigenvalue weighted by Crippen LogP contribution is 2.27. The summed E-state index contributed by atoms with van der Waals surface area (Å²) >= 11 is 13.0. The van der Waals surface area contributed by atoms with E-state index in [1.807, 2.05) is 0 Å². The number of hydrogen-bond donors (Lipinski definition) is 2. The van der Waals surface area contributed by atoms with Crippen molar-refractivity contribution in [3.63, 3.8) is 0 Å². The van der Waals surface area contributed by atoms with Gasteiger partial charge in [0.2, 0.25) is 0 Å². The topological polar surface area (TPSA) is 70.1 Å². The van der Waals surface area contributed by atoms with Gasteiger partial charge in [-0.25, -0.2) is 10.4 Å². The summed E-state index contributed by atoms with van der Waals surface area (Å²) < 4.78 is 0. The number of aromatic nitrogens is 2. The fraction of sp³-hybridized carbons (Fsp3) is 0.100. The molecule has 0 spiro atoms. The van der Waals surface area contributed by atoms with Crippen LogP contribution >= 0.6 is 35.0 Å². The van der Waals surface area contributed by atoms with Crippen LogP contribution in [0.1, 0.15) is 5.82 Å². The number of carbonyl (C=O) groups excluding carboxylic acids is 1. The highest BCUT2D eigenvalue weighted by Gasteiger charge is 2.17. The van der Waals surface area contributed by atoms with E-state index in [0.29, 0.717) is 32.9 Å². The molecule has 0 atom stereocenters. The van der Waals surface area contributed by atoms with E-state index in [2.05, 4.69) is 20.5 Å². The minimum absolute atomic E-state index is 0.166. The van der Waals surface area contributed by atoms with E-state index in [1.54, 1.807) is 12.1 Å². The van der Waals surface area contributed by atoms with Crippen molar-refractivity contribution in [2.24, 2.45) is 5.10 Å². The third-order valence-electron chi connectivity index (χ3n) is 2.42. The van der Waals surface area contributed by atoms with Crippen LogP contribution in [0.3, 0.4) is 0 Å². The molecule has 0 saturated carbocycles. The van der Waals surface area contributed by atoms with Crippen molar-refractivity contribution in [1.82, 2.24) is 15.4 Å². The molecular weight excluding hydrogens is 295 g/mol. The van der Waals surface area contributed by atoms with E-state index in [4.69, 9.17) is 23.2 Å². The van der Waals surface area contributed by atoms with Crippen LogP contribution < -0.4 is 5.43 Å². The van der Waals surface area contributed by atoms with Crippen LogP contribution in [-0.4, -0.2) is 26.7 Å². The van der Waals surface area contributed by atoms with E-state index in [1.165, 1.54) is 0 Å². The van der Waals surface area contributed by atoms with Gasteiger partial charge in [0.05, 0.1) is 26.8 Å². The smallest absolute Gasteiger partial charge is 0.299 e. The third-order valence-corrected chi connectivity index (χ3v) is 3.91. The summed E-state index contributed by atoms with van der Waals surface area (Å²) in [6, 6.07) is 3.40. The number of imidazole rings is 1. The number of rotatable bonds is 1. The molecule has 8 heteroatoms. The van der Waals surface area contributed by atoms with Gasteiger partial charge in [-0.2, -0.15) is 5.10 Å². The average Bonchev–Trinajstić information content (AvgIpc) is 2.73. The molecule has 1 aliphatic heterocycles. The number of benzene rings is 1. The molecule has 0 bridgehead atoms. The van der Waals surface area contributed by atoms with Crippen LogP contribution in [0.2, 0.25) is 10.0 Å². The second-order valence-electron chi connectivity index (χ2n) is 3.62. The van der Waals surface area contributed by atoms with Gasteiger partial charge in [0.15, 0.2) is 5.82 Å². The van der Waals surface area contributed by atoms with Crippen molar-refractivity contribution < 1.29 is 4.79 Å². The van der Waals surface area contributed by atoms with Crippen molar-refractivity contribution in [3.05, 3.63) is 28.0 Å². The number of thioether (sulfide) groups is 1. The van der Waals surface area contributed by atoms with Crippen LogP contribution in [0.15, 0.2) is 17.2 Å². The molecule has 0 fully saturated rings. The molecule has 18 heavy (non-hydrogen) atoms. The number of hydrogen-bond acceptors (Lipinski definition) is 4. The highest BCUT2D eigenvalue weighted by molar-refractivity contribution is 8.14. The van der Waals surface area contributed by atoms with E-state index in [-0.39, 0.29) is 5.24 Å². The Kier molecular flexibility index (Phi) is 2.93. The number of halogens is 2. The molecule has 2 N–H and O–H groups in total. The minimum Gasteiger partial charge on any atom is -0.337 e. The van der Waals surface area contributed by atoms with Gasteiger partial charge in [-0.15, -0.1) is 0 Å². The zero-order valence-electron chi connectivity index (χ0n) is 8.83. The number of hydrazone groups is 1. The maximum atomic E-state index is 11.0. The van der Waals surface area contributed by atoms with Crippen molar-refractivity contribution in [1.29, 1.82) is 0 Å². The molecule has 1 aromatic heterocycles. The Hall–Kier alpha value is -1.24. The van der Waals surface area contributed by atoms with Crippen LogP contribution in [0.25, 0.3) is 11.0 Å². The molecular formula is C10H6Cl2N4OS. The number of fused-ring (bicyclic) bond motifs is 1. The van der Waals surface area contributed by atoms with E-state index in [0.717, 1.165) is 17.3 Å². The van der Waals surface area contributed by atoms with Crippen LogP contribution in [0.4, 0.5) is 4.79 Å². The molecule has 1 aliphatic rings. The SMILES string of the molecule is O=C1NN=C(c2nc3cc(Cl)c(Cl)cc3[nH]2)CS1. The fourth-order valence-electron chi connectivity index (χ4n) is 1.57. The van der Waals surface area contributed by atoms with Gasteiger partial charge in [-0.05, 0) is 12.1 Å². The summed E-state index contributed by atoms with van der Waals surface area (Å²) in [6.07, 6.45) is 0. The van der Waals surface area contributed by atoms with Crippen molar-refractivity contribution in [3.8, 4) is 0 Å². The van der Waals surface area contributed by atoms with Gasteiger partial charge in [0.25, 0.3) is 5.24 Å². The first kappa shape index (κ1) is 11.8. The van der Waals surface area contributed by atoms with Gasteiger partial charge >= 0.3 is 0 Å². The summed E-state index contributed by atoms with van der Waals surface area (Å²) in [7, 11) is 0. The van der Waals surface area contributed by atoms with Crippen molar-refractivity contribution in [2.45, 2.75) is 0 Å². The largest absolute Gasteiger partial charge is 0.337 e. The zero-order valence-corrected chi connectivity index (χ0v) is 11.2. The zero-order chi connectivity index (χ0) is 12.7. The van der Waals surface area contributed by atoms with E-state index >= 15 is 0 Å². The number of nitrogens with zero attached hydrogens (tertiary/aromatic N) is 2.